The first-order valence-electron chi connectivity index (χ1n) is 8.31. The number of anilines is 1. The van der Waals surface area contributed by atoms with Gasteiger partial charge in [-0.15, -0.1) is 0 Å². The maximum Gasteiger partial charge on any atom is 0.317 e. The fourth-order valence-electron chi connectivity index (χ4n) is 3.20. The summed E-state index contributed by atoms with van der Waals surface area (Å²) in [6.45, 7) is 2.02. The zero-order chi connectivity index (χ0) is 16.9. The summed E-state index contributed by atoms with van der Waals surface area (Å²) in [6, 6.07) is 10.7. The van der Waals surface area contributed by atoms with Crippen LogP contribution in [0.15, 0.2) is 36.5 Å². The van der Waals surface area contributed by atoms with Crippen LogP contribution in [-0.2, 0) is 4.79 Å². The van der Waals surface area contributed by atoms with Crippen molar-refractivity contribution in [3.8, 4) is 10.4 Å². The minimum Gasteiger partial charge on any atom is -0.480 e. The molecule has 0 spiro atoms. The molecule has 1 aliphatic heterocycles. The van der Waals surface area contributed by atoms with Crippen LogP contribution < -0.4 is 4.90 Å². The highest BCUT2D eigenvalue weighted by Gasteiger charge is 2.23. The number of hydrogen-bond donors (Lipinski definition) is 1. The topological polar surface area (TPSA) is 56.7 Å². The molecule has 0 bridgehead atoms. The molecule has 2 heterocycles. The second-order valence-electron chi connectivity index (χ2n) is 6.25. The molecule has 128 valence electrons. The Bertz CT molecular complexity index is 674. The first-order chi connectivity index (χ1) is 11.6. The molecule has 2 aromatic rings. The predicted molar refractivity (Wildman–Crippen MR) is 97.7 cm³/mol. The van der Waals surface area contributed by atoms with Crippen molar-refractivity contribution in [3.63, 3.8) is 0 Å². The summed E-state index contributed by atoms with van der Waals surface area (Å²) in [6.07, 6.45) is 5.03. The number of aliphatic carboxylic acids is 1. The van der Waals surface area contributed by atoms with Gasteiger partial charge in [0.25, 0.3) is 0 Å². The third-order valence-corrected chi connectivity index (χ3v) is 5.64. The van der Waals surface area contributed by atoms with Gasteiger partial charge in [-0.25, -0.2) is 4.98 Å². The molecule has 24 heavy (non-hydrogen) atoms. The van der Waals surface area contributed by atoms with Crippen LogP contribution in [0.25, 0.3) is 10.4 Å². The Morgan fingerprint density at radius 1 is 1.33 bits per heavy atom. The zero-order valence-corrected chi connectivity index (χ0v) is 14.7. The lowest BCUT2D eigenvalue weighted by Gasteiger charge is -2.25. The third-order valence-electron chi connectivity index (χ3n) is 4.53. The van der Waals surface area contributed by atoms with Crippen LogP contribution in [0.3, 0.4) is 0 Å². The molecule has 6 heteroatoms. The van der Waals surface area contributed by atoms with Gasteiger partial charge in [-0.1, -0.05) is 41.7 Å². The monoisotopic (exact) mass is 345 g/mol. The molecule has 1 unspecified atom stereocenters. The van der Waals surface area contributed by atoms with Crippen LogP contribution in [-0.4, -0.2) is 53.7 Å². The van der Waals surface area contributed by atoms with Gasteiger partial charge < -0.3 is 10.0 Å². The Hall–Kier alpha value is -1.92. The van der Waals surface area contributed by atoms with E-state index in [0.29, 0.717) is 6.04 Å². The molecular formula is C18H23N3O2S. The van der Waals surface area contributed by atoms with Gasteiger partial charge in [0.05, 0.1) is 11.4 Å². The molecule has 0 radical (unpaired) electrons. The van der Waals surface area contributed by atoms with E-state index >= 15 is 0 Å². The standard InChI is InChI=1S/C18H23N3O2S/c1-20(13-17(22)23)15-8-5-10-21(11-9-15)18-19-12-16(24-18)14-6-3-2-4-7-14/h2-4,6-7,12,15H,5,8-11,13H2,1H3,(H,22,23). The fourth-order valence-corrected chi connectivity index (χ4v) is 4.17. The first kappa shape index (κ1) is 16.9. The Kier molecular flexibility index (Phi) is 5.48. The number of aromatic nitrogens is 1. The number of thiazole rings is 1. The minimum atomic E-state index is -0.758. The van der Waals surface area contributed by atoms with E-state index in [-0.39, 0.29) is 6.54 Å². The Morgan fingerprint density at radius 2 is 2.12 bits per heavy atom. The molecule has 0 saturated carbocycles. The number of benzene rings is 1. The predicted octanol–water partition coefficient (Wildman–Crippen LogP) is 3.19. The third kappa shape index (κ3) is 4.13. The van der Waals surface area contributed by atoms with Crippen LogP contribution in [0.5, 0.6) is 0 Å². The summed E-state index contributed by atoms with van der Waals surface area (Å²) in [5, 5.41) is 10.0. The second kappa shape index (κ2) is 7.77. The zero-order valence-electron chi connectivity index (χ0n) is 13.9. The highest BCUT2D eigenvalue weighted by Crippen LogP contribution is 2.32. The summed E-state index contributed by atoms with van der Waals surface area (Å²) in [5.41, 5.74) is 1.20. The van der Waals surface area contributed by atoms with E-state index in [2.05, 4.69) is 22.0 Å². The molecule has 0 aliphatic carbocycles. The van der Waals surface area contributed by atoms with Crippen LogP contribution in [0.1, 0.15) is 19.3 Å². The molecule has 1 aromatic heterocycles. The molecule has 1 aliphatic rings. The molecule has 1 aromatic carbocycles. The molecule has 1 N–H and O–H groups in total. The molecule has 0 amide bonds. The number of carbonyl (C=O) groups is 1. The van der Waals surface area contributed by atoms with Gasteiger partial charge in [0.2, 0.25) is 0 Å². The largest absolute Gasteiger partial charge is 0.480 e. The van der Waals surface area contributed by atoms with Crippen LogP contribution >= 0.6 is 11.3 Å². The lowest BCUT2D eigenvalue weighted by atomic mass is 10.1. The first-order valence-corrected chi connectivity index (χ1v) is 9.13. The van der Waals surface area contributed by atoms with Gasteiger partial charge in [-0.05, 0) is 31.9 Å². The molecule has 1 atom stereocenters. The SMILES string of the molecule is CN(CC(=O)O)C1CCCN(c2ncc(-c3ccccc3)s2)CC1. The second-order valence-corrected chi connectivity index (χ2v) is 7.26. The normalized spacial score (nSPS) is 18.6. The Balaban J connectivity index is 1.64. The van der Waals surface area contributed by atoms with Crippen LogP contribution in [0, 0.1) is 0 Å². The van der Waals surface area contributed by atoms with Gasteiger partial charge in [0.1, 0.15) is 0 Å². The van der Waals surface area contributed by atoms with Crippen molar-refractivity contribution >= 4 is 22.4 Å². The summed E-state index contributed by atoms with van der Waals surface area (Å²) >= 11 is 1.73. The molecule has 3 rings (SSSR count). The summed E-state index contributed by atoms with van der Waals surface area (Å²) in [4.78, 5) is 21.0. The van der Waals surface area contributed by atoms with Crippen molar-refractivity contribution in [2.75, 3.05) is 31.6 Å². The maximum atomic E-state index is 10.9. The van der Waals surface area contributed by atoms with Crippen molar-refractivity contribution < 1.29 is 9.90 Å². The average molecular weight is 345 g/mol. The van der Waals surface area contributed by atoms with Gasteiger partial charge >= 0.3 is 5.97 Å². The van der Waals surface area contributed by atoms with Crippen molar-refractivity contribution in [1.29, 1.82) is 0 Å². The van der Waals surface area contributed by atoms with E-state index < -0.39 is 5.97 Å². The van der Waals surface area contributed by atoms with E-state index in [1.165, 1.54) is 10.4 Å². The highest BCUT2D eigenvalue weighted by molar-refractivity contribution is 7.18. The molecule has 1 saturated heterocycles. The number of likely N-dealkylation sites (N-methyl/N-ethyl adjacent to an activating group) is 1. The maximum absolute atomic E-state index is 10.9. The number of nitrogens with zero attached hydrogens (tertiary/aromatic N) is 3. The molecule has 5 nitrogen and oxygen atoms in total. The van der Waals surface area contributed by atoms with Gasteiger partial charge in [0, 0.05) is 25.3 Å². The number of carboxylic acids is 1. The van der Waals surface area contributed by atoms with Crippen LogP contribution in [0.2, 0.25) is 0 Å². The summed E-state index contributed by atoms with van der Waals surface area (Å²) < 4.78 is 0. The van der Waals surface area contributed by atoms with E-state index in [4.69, 9.17) is 5.11 Å². The highest BCUT2D eigenvalue weighted by atomic mass is 32.1. The number of carboxylic acid groups (broad SMARTS) is 1. The summed E-state index contributed by atoms with van der Waals surface area (Å²) in [5.74, 6) is -0.758. The van der Waals surface area contributed by atoms with E-state index in [1.54, 1.807) is 11.3 Å². The number of rotatable bonds is 5. The number of hydrogen-bond acceptors (Lipinski definition) is 5. The Labute approximate surface area is 146 Å². The minimum absolute atomic E-state index is 0.111. The molecule has 1 fully saturated rings. The van der Waals surface area contributed by atoms with E-state index in [9.17, 15) is 4.79 Å². The smallest absolute Gasteiger partial charge is 0.317 e. The average Bonchev–Trinajstić information content (AvgIpc) is 2.93. The van der Waals surface area contributed by atoms with Crippen molar-refractivity contribution in [2.45, 2.75) is 25.3 Å². The van der Waals surface area contributed by atoms with E-state index in [1.807, 2.05) is 36.3 Å². The van der Waals surface area contributed by atoms with Gasteiger partial charge in [-0.3, -0.25) is 9.69 Å². The quantitative estimate of drug-likeness (QED) is 0.902. The lowest BCUT2D eigenvalue weighted by Crippen LogP contribution is -2.36. The van der Waals surface area contributed by atoms with Gasteiger partial charge in [-0.2, -0.15) is 0 Å². The molecular weight excluding hydrogens is 322 g/mol. The van der Waals surface area contributed by atoms with Gasteiger partial charge in [0.15, 0.2) is 5.13 Å². The fraction of sp³-hybridized carbons (Fsp3) is 0.444. The van der Waals surface area contributed by atoms with Crippen LogP contribution in [0.4, 0.5) is 5.13 Å². The van der Waals surface area contributed by atoms with Crippen molar-refractivity contribution in [2.24, 2.45) is 0 Å². The van der Waals surface area contributed by atoms with Crippen molar-refractivity contribution in [3.05, 3.63) is 36.5 Å². The Morgan fingerprint density at radius 3 is 2.88 bits per heavy atom. The summed E-state index contributed by atoms with van der Waals surface area (Å²) in [7, 11) is 1.91. The lowest BCUT2D eigenvalue weighted by molar-refractivity contribution is -0.138. The van der Waals surface area contributed by atoms with E-state index in [0.717, 1.165) is 37.5 Å². The van der Waals surface area contributed by atoms with Crippen molar-refractivity contribution in [1.82, 2.24) is 9.88 Å².